The molecule has 1 aromatic rings. The van der Waals surface area contributed by atoms with Gasteiger partial charge in [-0.15, -0.1) is 0 Å². The van der Waals surface area contributed by atoms with E-state index in [1.165, 1.54) is 32.2 Å². The smallest absolute Gasteiger partial charge is 0.247 e. The molecule has 2 heterocycles. The molecule has 0 aliphatic carbocycles. The number of imide groups is 1. The molecule has 0 bridgehead atoms. The van der Waals surface area contributed by atoms with Crippen molar-refractivity contribution in [1.82, 2.24) is 14.6 Å². The minimum atomic E-state index is -4.00. The molecule has 0 atom stereocenters. The van der Waals surface area contributed by atoms with Crippen molar-refractivity contribution in [3.8, 4) is 0 Å². The number of pyridine rings is 1. The summed E-state index contributed by atoms with van der Waals surface area (Å²) in [6, 6.07) is 2.88. The van der Waals surface area contributed by atoms with Gasteiger partial charge in [-0.25, -0.2) is 13.4 Å². The predicted octanol–water partition coefficient (Wildman–Crippen LogP) is -0.451. The molecular formula is C12H16N4O4S. The van der Waals surface area contributed by atoms with Crippen molar-refractivity contribution >= 4 is 27.7 Å². The monoisotopic (exact) mass is 312 g/mol. The van der Waals surface area contributed by atoms with Gasteiger partial charge in [0.2, 0.25) is 21.8 Å². The van der Waals surface area contributed by atoms with Gasteiger partial charge in [-0.1, -0.05) is 0 Å². The van der Waals surface area contributed by atoms with Gasteiger partial charge >= 0.3 is 0 Å². The van der Waals surface area contributed by atoms with Gasteiger partial charge in [0, 0.05) is 13.2 Å². The van der Waals surface area contributed by atoms with E-state index in [1.807, 2.05) is 0 Å². The van der Waals surface area contributed by atoms with Crippen molar-refractivity contribution in [2.75, 3.05) is 18.9 Å². The Morgan fingerprint density at radius 2 is 2.00 bits per heavy atom. The maximum absolute atomic E-state index is 12.6. The molecule has 8 nitrogen and oxygen atoms in total. The summed E-state index contributed by atoms with van der Waals surface area (Å²) >= 11 is 0. The van der Waals surface area contributed by atoms with Crippen LogP contribution in [0.25, 0.3) is 0 Å². The second-order valence-electron chi connectivity index (χ2n) is 5.08. The van der Waals surface area contributed by atoms with E-state index in [4.69, 9.17) is 0 Å². The van der Waals surface area contributed by atoms with Gasteiger partial charge in [0.05, 0.1) is 6.54 Å². The number of sulfonamides is 1. The van der Waals surface area contributed by atoms with Crippen LogP contribution in [0.3, 0.4) is 0 Å². The van der Waals surface area contributed by atoms with E-state index < -0.39 is 33.9 Å². The summed E-state index contributed by atoms with van der Waals surface area (Å²) in [6.07, 6.45) is 1.19. The van der Waals surface area contributed by atoms with E-state index in [1.54, 1.807) is 7.05 Å². The first-order valence-corrected chi connectivity index (χ1v) is 7.64. The molecule has 114 valence electrons. The van der Waals surface area contributed by atoms with E-state index in [9.17, 15) is 18.0 Å². The van der Waals surface area contributed by atoms with Crippen molar-refractivity contribution < 1.29 is 18.0 Å². The topological polar surface area (TPSA) is 108 Å². The summed E-state index contributed by atoms with van der Waals surface area (Å²) in [5.41, 5.74) is -1.35. The van der Waals surface area contributed by atoms with Crippen molar-refractivity contribution in [3.05, 3.63) is 18.3 Å². The number of aromatic nitrogens is 1. The fourth-order valence-corrected chi connectivity index (χ4v) is 3.61. The van der Waals surface area contributed by atoms with E-state index >= 15 is 0 Å². The largest absolute Gasteiger partial charge is 0.373 e. The molecule has 1 aliphatic heterocycles. The maximum Gasteiger partial charge on any atom is 0.247 e. The van der Waals surface area contributed by atoms with E-state index in [0.717, 1.165) is 4.31 Å². The normalized spacial score (nSPS) is 19.2. The Morgan fingerprint density at radius 3 is 2.52 bits per heavy atom. The van der Waals surface area contributed by atoms with Gasteiger partial charge in [0.1, 0.15) is 16.3 Å². The molecule has 0 radical (unpaired) electrons. The number of carbonyl (C=O) groups is 2. The summed E-state index contributed by atoms with van der Waals surface area (Å²) in [5, 5.41) is 4.91. The van der Waals surface area contributed by atoms with Gasteiger partial charge in [-0.3, -0.25) is 14.9 Å². The first kappa shape index (κ1) is 15.4. The molecule has 1 aromatic heterocycles. The number of anilines is 1. The average molecular weight is 312 g/mol. The van der Waals surface area contributed by atoms with Crippen LogP contribution in [-0.2, 0) is 19.6 Å². The van der Waals surface area contributed by atoms with Crippen molar-refractivity contribution in [3.63, 3.8) is 0 Å². The van der Waals surface area contributed by atoms with Crippen LogP contribution in [0.1, 0.15) is 13.8 Å². The Bertz CT molecular complexity index is 682. The Labute approximate surface area is 122 Å². The standard InChI is InChI=1S/C12H16N4O4S/c1-12(2)11(18)15-10(17)7-16(12)21(19,20)8-4-5-9(13-3)14-6-8/h4-6H,7H2,1-3H3,(H,13,14)(H,15,17,18). The Kier molecular flexibility index (Phi) is 3.72. The van der Waals surface area contributed by atoms with Crippen molar-refractivity contribution in [2.45, 2.75) is 24.3 Å². The minimum absolute atomic E-state index is 0.0722. The molecule has 0 spiro atoms. The third-order valence-corrected chi connectivity index (χ3v) is 5.30. The zero-order chi connectivity index (χ0) is 15.8. The van der Waals surface area contributed by atoms with Crippen LogP contribution in [-0.4, -0.2) is 48.7 Å². The summed E-state index contributed by atoms with van der Waals surface area (Å²) < 4.78 is 26.1. The highest BCUT2D eigenvalue weighted by Crippen LogP contribution is 2.26. The lowest BCUT2D eigenvalue weighted by atomic mass is 10.0. The highest BCUT2D eigenvalue weighted by atomic mass is 32.2. The van der Waals surface area contributed by atoms with Crippen LogP contribution in [0.2, 0.25) is 0 Å². The third kappa shape index (κ3) is 2.61. The minimum Gasteiger partial charge on any atom is -0.373 e. The van der Waals surface area contributed by atoms with Gasteiger partial charge in [-0.05, 0) is 26.0 Å². The molecule has 0 unspecified atom stereocenters. The van der Waals surface area contributed by atoms with E-state index in [-0.39, 0.29) is 4.90 Å². The molecular weight excluding hydrogens is 296 g/mol. The number of hydrogen-bond acceptors (Lipinski definition) is 6. The number of nitrogens with one attached hydrogen (secondary N) is 2. The predicted molar refractivity (Wildman–Crippen MR) is 74.9 cm³/mol. The molecule has 2 amide bonds. The fourth-order valence-electron chi connectivity index (χ4n) is 1.95. The van der Waals surface area contributed by atoms with Crippen LogP contribution in [0.15, 0.2) is 23.2 Å². The van der Waals surface area contributed by atoms with Crippen LogP contribution in [0, 0.1) is 0 Å². The highest BCUT2D eigenvalue weighted by molar-refractivity contribution is 7.89. The lowest BCUT2D eigenvalue weighted by Crippen LogP contribution is -2.65. The summed E-state index contributed by atoms with van der Waals surface area (Å²) in [7, 11) is -2.34. The second-order valence-corrected chi connectivity index (χ2v) is 6.94. The van der Waals surface area contributed by atoms with Gasteiger partial charge in [0.25, 0.3) is 0 Å². The number of hydrogen-bond donors (Lipinski definition) is 2. The molecule has 2 rings (SSSR count). The molecule has 0 aromatic carbocycles. The Balaban J connectivity index is 2.45. The number of nitrogens with zero attached hydrogens (tertiary/aromatic N) is 2. The molecule has 0 saturated carbocycles. The quantitative estimate of drug-likeness (QED) is 0.732. The molecule has 1 fully saturated rings. The zero-order valence-corrected chi connectivity index (χ0v) is 12.7. The lowest BCUT2D eigenvalue weighted by molar-refractivity contribution is -0.141. The van der Waals surface area contributed by atoms with E-state index in [0.29, 0.717) is 5.82 Å². The van der Waals surface area contributed by atoms with Gasteiger partial charge < -0.3 is 5.32 Å². The number of amides is 2. The highest BCUT2D eigenvalue weighted by Gasteiger charge is 2.47. The molecule has 1 saturated heterocycles. The zero-order valence-electron chi connectivity index (χ0n) is 11.9. The molecule has 9 heteroatoms. The Morgan fingerprint density at radius 1 is 1.33 bits per heavy atom. The molecule has 21 heavy (non-hydrogen) atoms. The van der Waals surface area contributed by atoms with E-state index in [2.05, 4.69) is 15.6 Å². The van der Waals surface area contributed by atoms with Crippen molar-refractivity contribution in [1.29, 1.82) is 0 Å². The first-order valence-electron chi connectivity index (χ1n) is 6.20. The first-order chi connectivity index (χ1) is 9.69. The number of piperazine rings is 1. The average Bonchev–Trinajstić information content (AvgIpc) is 2.43. The SMILES string of the molecule is CNc1ccc(S(=O)(=O)N2CC(=O)NC(=O)C2(C)C)cn1. The summed E-state index contributed by atoms with van der Waals surface area (Å²) in [5.74, 6) is -0.787. The Hall–Kier alpha value is -2.00. The molecule has 2 N–H and O–H groups in total. The summed E-state index contributed by atoms with van der Waals surface area (Å²) in [6.45, 7) is 2.48. The van der Waals surface area contributed by atoms with Crippen molar-refractivity contribution in [2.24, 2.45) is 0 Å². The van der Waals surface area contributed by atoms with Crippen LogP contribution in [0.4, 0.5) is 5.82 Å². The second kappa shape index (κ2) is 5.08. The van der Waals surface area contributed by atoms with Gasteiger partial charge in [0.15, 0.2) is 0 Å². The third-order valence-electron chi connectivity index (χ3n) is 3.30. The molecule has 1 aliphatic rings. The summed E-state index contributed by atoms with van der Waals surface area (Å²) in [4.78, 5) is 27.2. The van der Waals surface area contributed by atoms with Crippen LogP contribution in [0.5, 0.6) is 0 Å². The van der Waals surface area contributed by atoms with Crippen LogP contribution >= 0.6 is 0 Å². The number of carbonyl (C=O) groups excluding carboxylic acids is 2. The van der Waals surface area contributed by atoms with Gasteiger partial charge in [-0.2, -0.15) is 4.31 Å². The number of rotatable bonds is 3. The maximum atomic E-state index is 12.6. The fraction of sp³-hybridized carbons (Fsp3) is 0.417. The van der Waals surface area contributed by atoms with Crippen LogP contribution < -0.4 is 10.6 Å². The lowest BCUT2D eigenvalue weighted by Gasteiger charge is -2.38.